The van der Waals surface area contributed by atoms with E-state index in [1.807, 2.05) is 12.1 Å². The number of phenolic OH excluding ortho intramolecular Hbond substituents is 1. The van der Waals surface area contributed by atoms with Crippen LogP contribution in [0.25, 0.3) is 21.3 Å². The highest BCUT2D eigenvalue weighted by molar-refractivity contribution is 7.21. The normalized spacial score (nSPS) is 13.4. The Morgan fingerprint density at radius 3 is 2.65 bits per heavy atom. The lowest BCUT2D eigenvalue weighted by molar-refractivity contribution is 0.100. The first-order valence-corrected chi connectivity index (χ1v) is 8.21. The molecule has 0 atom stereocenters. The number of aromatic nitrogens is 1. The minimum atomic E-state index is -0.526. The lowest BCUT2D eigenvalue weighted by atomic mass is 9.96. The van der Waals surface area contributed by atoms with Crippen LogP contribution in [0.4, 0.5) is 5.69 Å². The largest absolute Gasteiger partial charge is 0.508 e. The molecule has 0 saturated carbocycles. The third-order valence-corrected chi connectivity index (χ3v) is 5.40. The van der Waals surface area contributed by atoms with Crippen LogP contribution < -0.4 is 11.5 Å². The summed E-state index contributed by atoms with van der Waals surface area (Å²) in [5.41, 5.74) is 16.3. The van der Waals surface area contributed by atoms with Crippen LogP contribution in [-0.2, 0) is 12.8 Å². The fraction of sp³-hybridized carbons (Fsp3) is 0.176. The van der Waals surface area contributed by atoms with Gasteiger partial charge in [0.1, 0.15) is 15.5 Å². The van der Waals surface area contributed by atoms with Gasteiger partial charge in [0, 0.05) is 11.1 Å². The number of nitrogen functional groups attached to an aromatic ring is 1. The van der Waals surface area contributed by atoms with E-state index in [-0.39, 0.29) is 5.75 Å². The minimum absolute atomic E-state index is 0.215. The van der Waals surface area contributed by atoms with Crippen LogP contribution in [0.2, 0.25) is 0 Å². The number of rotatable bonds is 2. The van der Waals surface area contributed by atoms with E-state index in [1.54, 1.807) is 12.1 Å². The predicted molar refractivity (Wildman–Crippen MR) is 91.7 cm³/mol. The van der Waals surface area contributed by atoms with Crippen molar-refractivity contribution in [2.24, 2.45) is 5.73 Å². The Balaban J connectivity index is 2.11. The van der Waals surface area contributed by atoms with Crippen molar-refractivity contribution in [3.8, 4) is 16.9 Å². The number of hydrogen-bond acceptors (Lipinski definition) is 5. The molecule has 4 rings (SSSR count). The van der Waals surface area contributed by atoms with Gasteiger partial charge in [0.15, 0.2) is 0 Å². The number of carbonyl (C=O) groups excluding carboxylic acids is 1. The Kier molecular flexibility index (Phi) is 3.02. The zero-order valence-corrected chi connectivity index (χ0v) is 13.1. The molecule has 5 nitrogen and oxygen atoms in total. The van der Waals surface area contributed by atoms with Crippen molar-refractivity contribution in [2.75, 3.05) is 5.73 Å². The standard InChI is InChI=1S/C17H15N3O2S/c18-14-13-12(8-4-6-9(21)7-5-8)10-2-1-3-11(10)20-17(13)23-15(14)16(19)22/h4-7,21H,1-3,18H2,(H2,19,22). The molecule has 0 spiro atoms. The first-order chi connectivity index (χ1) is 11.1. The first-order valence-electron chi connectivity index (χ1n) is 7.39. The van der Waals surface area contributed by atoms with Crippen LogP contribution in [0, 0.1) is 0 Å². The molecular formula is C17H15N3O2S. The maximum Gasteiger partial charge on any atom is 0.260 e. The zero-order valence-electron chi connectivity index (χ0n) is 12.3. The smallest absolute Gasteiger partial charge is 0.260 e. The van der Waals surface area contributed by atoms with E-state index in [1.165, 1.54) is 16.9 Å². The number of aryl methyl sites for hydroxylation is 1. The van der Waals surface area contributed by atoms with Gasteiger partial charge in [0.25, 0.3) is 5.91 Å². The number of anilines is 1. The van der Waals surface area contributed by atoms with E-state index in [0.717, 1.165) is 46.3 Å². The van der Waals surface area contributed by atoms with E-state index in [4.69, 9.17) is 16.5 Å². The van der Waals surface area contributed by atoms with Crippen molar-refractivity contribution in [2.45, 2.75) is 19.3 Å². The molecule has 0 unspecified atom stereocenters. The first kappa shape index (κ1) is 14.0. The van der Waals surface area contributed by atoms with Gasteiger partial charge in [-0.1, -0.05) is 12.1 Å². The van der Waals surface area contributed by atoms with Crippen molar-refractivity contribution in [1.82, 2.24) is 4.98 Å². The second-order valence-corrected chi connectivity index (χ2v) is 6.70. The molecule has 1 aliphatic rings. The summed E-state index contributed by atoms with van der Waals surface area (Å²) in [6, 6.07) is 7.04. The number of primary amides is 1. The number of nitrogens with zero attached hydrogens (tertiary/aromatic N) is 1. The predicted octanol–water partition coefficient (Wildman–Crippen LogP) is 2.84. The SMILES string of the molecule is NC(=O)c1sc2nc3c(c(-c4ccc(O)cc4)c2c1N)CCC3. The summed E-state index contributed by atoms with van der Waals surface area (Å²) in [7, 11) is 0. The fourth-order valence-corrected chi connectivity index (χ4v) is 4.25. The van der Waals surface area contributed by atoms with Crippen LogP contribution in [0.5, 0.6) is 5.75 Å². The van der Waals surface area contributed by atoms with Gasteiger partial charge in [-0.2, -0.15) is 0 Å². The number of carbonyl (C=O) groups is 1. The molecule has 0 fully saturated rings. The molecule has 2 aromatic heterocycles. The summed E-state index contributed by atoms with van der Waals surface area (Å²) in [4.78, 5) is 17.4. The highest BCUT2D eigenvalue weighted by Crippen LogP contribution is 2.44. The van der Waals surface area contributed by atoms with Gasteiger partial charge in [-0.05, 0) is 48.1 Å². The Morgan fingerprint density at radius 1 is 1.22 bits per heavy atom. The lowest BCUT2D eigenvalue weighted by Crippen LogP contribution is -2.10. The van der Waals surface area contributed by atoms with Gasteiger partial charge < -0.3 is 16.6 Å². The van der Waals surface area contributed by atoms with Gasteiger partial charge >= 0.3 is 0 Å². The lowest BCUT2D eigenvalue weighted by Gasteiger charge is -2.11. The van der Waals surface area contributed by atoms with Crippen molar-refractivity contribution >= 4 is 33.1 Å². The molecule has 2 heterocycles. The monoisotopic (exact) mass is 325 g/mol. The van der Waals surface area contributed by atoms with Crippen LogP contribution in [0.3, 0.4) is 0 Å². The third kappa shape index (κ3) is 2.06. The van der Waals surface area contributed by atoms with Gasteiger partial charge in [-0.15, -0.1) is 11.3 Å². The van der Waals surface area contributed by atoms with E-state index in [0.29, 0.717) is 10.6 Å². The molecule has 3 aromatic rings. The molecule has 6 heteroatoms. The van der Waals surface area contributed by atoms with Crippen molar-refractivity contribution in [3.05, 3.63) is 40.4 Å². The van der Waals surface area contributed by atoms with Gasteiger partial charge in [0.05, 0.1) is 5.69 Å². The average Bonchev–Trinajstić information content (AvgIpc) is 3.11. The second kappa shape index (κ2) is 4.96. The Morgan fingerprint density at radius 2 is 1.96 bits per heavy atom. The molecule has 0 aliphatic heterocycles. The van der Waals surface area contributed by atoms with Crippen LogP contribution in [-0.4, -0.2) is 16.0 Å². The maximum absolute atomic E-state index is 11.6. The summed E-state index contributed by atoms with van der Waals surface area (Å²) in [6.07, 6.45) is 2.93. The van der Waals surface area contributed by atoms with Crippen LogP contribution in [0.15, 0.2) is 24.3 Å². The number of thiophene rings is 1. The van der Waals surface area contributed by atoms with E-state index in [9.17, 15) is 9.90 Å². The fourth-order valence-electron chi connectivity index (χ4n) is 3.28. The van der Waals surface area contributed by atoms with Crippen molar-refractivity contribution in [1.29, 1.82) is 0 Å². The molecule has 0 saturated heterocycles. The Labute approximate surface area is 136 Å². The molecule has 23 heavy (non-hydrogen) atoms. The minimum Gasteiger partial charge on any atom is -0.508 e. The quantitative estimate of drug-likeness (QED) is 0.674. The van der Waals surface area contributed by atoms with Gasteiger partial charge in [-0.3, -0.25) is 4.79 Å². The van der Waals surface area contributed by atoms with Crippen molar-refractivity contribution < 1.29 is 9.90 Å². The number of fused-ring (bicyclic) bond motifs is 2. The summed E-state index contributed by atoms with van der Waals surface area (Å²) < 4.78 is 0. The molecule has 1 amide bonds. The Bertz CT molecular complexity index is 945. The summed E-state index contributed by atoms with van der Waals surface area (Å²) >= 11 is 1.25. The molecular weight excluding hydrogens is 310 g/mol. The number of aromatic hydroxyl groups is 1. The number of pyridine rings is 1. The van der Waals surface area contributed by atoms with Crippen molar-refractivity contribution in [3.63, 3.8) is 0 Å². The topological polar surface area (TPSA) is 102 Å². The van der Waals surface area contributed by atoms with Crippen LogP contribution >= 0.6 is 11.3 Å². The summed E-state index contributed by atoms with van der Waals surface area (Å²) in [5, 5.41) is 10.3. The average molecular weight is 325 g/mol. The Hall–Kier alpha value is -2.60. The number of benzene rings is 1. The highest BCUT2D eigenvalue weighted by Gasteiger charge is 2.25. The zero-order chi connectivity index (χ0) is 16.1. The molecule has 0 radical (unpaired) electrons. The molecule has 1 aliphatic carbocycles. The van der Waals surface area contributed by atoms with E-state index >= 15 is 0 Å². The molecule has 0 bridgehead atoms. The van der Waals surface area contributed by atoms with Gasteiger partial charge in [0.2, 0.25) is 0 Å². The highest BCUT2D eigenvalue weighted by atomic mass is 32.1. The molecule has 116 valence electrons. The number of nitrogens with two attached hydrogens (primary N) is 2. The number of phenols is 1. The van der Waals surface area contributed by atoms with Gasteiger partial charge in [-0.25, -0.2) is 4.98 Å². The van der Waals surface area contributed by atoms with Crippen LogP contribution in [0.1, 0.15) is 27.3 Å². The number of hydrogen-bond donors (Lipinski definition) is 3. The maximum atomic E-state index is 11.6. The van der Waals surface area contributed by atoms with E-state index < -0.39 is 5.91 Å². The van der Waals surface area contributed by atoms with E-state index in [2.05, 4.69) is 0 Å². The second-order valence-electron chi connectivity index (χ2n) is 5.70. The molecule has 1 aromatic carbocycles. The third-order valence-electron chi connectivity index (χ3n) is 4.28. The summed E-state index contributed by atoms with van der Waals surface area (Å²) in [6.45, 7) is 0. The summed E-state index contributed by atoms with van der Waals surface area (Å²) in [5.74, 6) is -0.311. The number of amides is 1. The molecule has 5 N–H and O–H groups in total.